The Balaban J connectivity index is 1.28. The van der Waals surface area contributed by atoms with E-state index in [1.807, 2.05) is 0 Å². The largest absolute Gasteiger partial charge is 0.322 e. The van der Waals surface area contributed by atoms with Gasteiger partial charge in [0.2, 0.25) is 0 Å². The summed E-state index contributed by atoms with van der Waals surface area (Å²) in [5, 5.41) is 13.4. The highest BCUT2D eigenvalue weighted by Crippen LogP contribution is 2.37. The number of quaternary nitrogens is 2. The standard InChI is InChI=1S/C22H26N4OS/c23-14-19-18-8-4-5-9-20(18)28-22(19)24-21(27)16-26-12-10-25(11-13-26)15-17-6-2-1-3-7-17/h1-3,6-7H,4-5,8-13,15-16H2,(H,24,27)/p+2. The number of thiophene rings is 1. The van der Waals surface area contributed by atoms with Crippen LogP contribution in [0.5, 0.6) is 0 Å². The molecule has 6 heteroatoms. The summed E-state index contributed by atoms with van der Waals surface area (Å²) in [5.41, 5.74) is 3.27. The van der Waals surface area contributed by atoms with Gasteiger partial charge in [0.25, 0.3) is 5.91 Å². The predicted molar refractivity (Wildman–Crippen MR) is 111 cm³/mol. The Morgan fingerprint density at radius 2 is 1.79 bits per heavy atom. The summed E-state index contributed by atoms with van der Waals surface area (Å²) in [6, 6.07) is 13.0. The number of nitriles is 1. The molecular formula is C22H28N4OS+2. The maximum atomic E-state index is 12.6. The Kier molecular flexibility index (Phi) is 6.06. The van der Waals surface area contributed by atoms with Crippen LogP contribution in [0, 0.1) is 11.3 Å². The maximum absolute atomic E-state index is 12.6. The van der Waals surface area contributed by atoms with Crippen LogP contribution in [0.25, 0.3) is 0 Å². The second-order valence-corrected chi connectivity index (χ2v) is 9.02. The van der Waals surface area contributed by atoms with Crippen molar-refractivity contribution in [1.82, 2.24) is 0 Å². The van der Waals surface area contributed by atoms with Crippen LogP contribution < -0.4 is 15.1 Å². The van der Waals surface area contributed by atoms with E-state index < -0.39 is 0 Å². The molecule has 1 aromatic carbocycles. The number of fused-ring (bicyclic) bond motifs is 1. The summed E-state index contributed by atoms with van der Waals surface area (Å²) in [4.78, 5) is 16.8. The van der Waals surface area contributed by atoms with Gasteiger partial charge in [0.15, 0.2) is 6.54 Å². The topological polar surface area (TPSA) is 61.8 Å². The third kappa shape index (κ3) is 4.44. The molecule has 5 nitrogen and oxygen atoms in total. The first kappa shape index (κ1) is 19.1. The van der Waals surface area contributed by atoms with Crippen molar-refractivity contribution in [2.75, 3.05) is 38.0 Å². The zero-order valence-electron chi connectivity index (χ0n) is 16.2. The number of nitrogens with zero attached hydrogens (tertiary/aromatic N) is 1. The fraction of sp³-hybridized carbons (Fsp3) is 0.455. The second kappa shape index (κ2) is 8.87. The maximum Gasteiger partial charge on any atom is 0.280 e. The third-order valence-electron chi connectivity index (χ3n) is 5.91. The minimum absolute atomic E-state index is 0.0385. The third-order valence-corrected chi connectivity index (χ3v) is 7.12. The lowest BCUT2D eigenvalue weighted by Gasteiger charge is -2.29. The van der Waals surface area contributed by atoms with E-state index in [0.29, 0.717) is 12.1 Å². The zero-order valence-corrected chi connectivity index (χ0v) is 17.0. The van der Waals surface area contributed by atoms with Crippen molar-refractivity contribution in [1.29, 1.82) is 5.26 Å². The van der Waals surface area contributed by atoms with Gasteiger partial charge in [-0.25, -0.2) is 0 Å². The van der Waals surface area contributed by atoms with Crippen LogP contribution in [0.1, 0.15) is 34.4 Å². The number of carbonyl (C=O) groups excluding carboxylic acids is 1. The monoisotopic (exact) mass is 396 g/mol. The number of aryl methyl sites for hydroxylation is 1. The van der Waals surface area contributed by atoms with Crippen molar-refractivity contribution in [3.63, 3.8) is 0 Å². The minimum atomic E-state index is 0.0385. The number of benzene rings is 1. The highest BCUT2D eigenvalue weighted by Gasteiger charge is 2.26. The van der Waals surface area contributed by atoms with Gasteiger partial charge in [-0.2, -0.15) is 5.26 Å². The van der Waals surface area contributed by atoms with Gasteiger partial charge in [0.05, 0.1) is 5.56 Å². The summed E-state index contributed by atoms with van der Waals surface area (Å²) < 4.78 is 0. The van der Waals surface area contributed by atoms with Crippen LogP contribution in [0.15, 0.2) is 30.3 Å². The van der Waals surface area contributed by atoms with Crippen molar-refractivity contribution in [2.45, 2.75) is 32.2 Å². The van der Waals surface area contributed by atoms with Crippen molar-refractivity contribution in [3.8, 4) is 6.07 Å². The van der Waals surface area contributed by atoms with Crippen molar-refractivity contribution in [3.05, 3.63) is 51.9 Å². The predicted octanol–water partition coefficient (Wildman–Crippen LogP) is 0.421. The van der Waals surface area contributed by atoms with E-state index in [4.69, 9.17) is 0 Å². The van der Waals surface area contributed by atoms with Crippen LogP contribution in [0.2, 0.25) is 0 Å². The average molecular weight is 397 g/mol. The highest BCUT2D eigenvalue weighted by molar-refractivity contribution is 7.16. The molecule has 4 rings (SSSR count). The minimum Gasteiger partial charge on any atom is -0.322 e. The molecular weight excluding hydrogens is 368 g/mol. The smallest absolute Gasteiger partial charge is 0.280 e. The zero-order chi connectivity index (χ0) is 19.3. The molecule has 0 atom stereocenters. The number of rotatable bonds is 5. The van der Waals surface area contributed by atoms with E-state index in [-0.39, 0.29) is 5.91 Å². The van der Waals surface area contributed by atoms with E-state index in [0.717, 1.165) is 57.0 Å². The Bertz CT molecular complexity index is 863. The van der Waals surface area contributed by atoms with Gasteiger partial charge in [0.1, 0.15) is 43.8 Å². The van der Waals surface area contributed by atoms with Crippen LogP contribution in [0.4, 0.5) is 5.00 Å². The first-order valence-electron chi connectivity index (χ1n) is 10.3. The van der Waals surface area contributed by atoms with Crippen molar-refractivity contribution >= 4 is 22.2 Å². The van der Waals surface area contributed by atoms with Gasteiger partial charge < -0.3 is 15.1 Å². The summed E-state index contributed by atoms with van der Waals surface area (Å²) in [6.07, 6.45) is 4.35. The van der Waals surface area contributed by atoms with E-state index in [1.54, 1.807) is 16.2 Å². The van der Waals surface area contributed by atoms with Crippen LogP contribution >= 0.6 is 11.3 Å². The lowest BCUT2D eigenvalue weighted by molar-refractivity contribution is -1.02. The lowest BCUT2D eigenvalue weighted by atomic mass is 9.96. The van der Waals surface area contributed by atoms with Crippen molar-refractivity contribution in [2.24, 2.45) is 0 Å². The van der Waals surface area contributed by atoms with Crippen molar-refractivity contribution < 1.29 is 14.6 Å². The molecule has 1 saturated heterocycles. The Hall–Kier alpha value is -2.20. The Morgan fingerprint density at radius 3 is 2.54 bits per heavy atom. The molecule has 0 bridgehead atoms. The molecule has 2 heterocycles. The van der Waals surface area contributed by atoms with E-state index in [1.165, 1.54) is 27.3 Å². The van der Waals surface area contributed by atoms with Crippen LogP contribution in [-0.2, 0) is 24.2 Å². The molecule has 3 N–H and O–H groups in total. The number of hydrogen-bond donors (Lipinski definition) is 3. The lowest BCUT2D eigenvalue weighted by Crippen LogP contribution is -3.28. The van der Waals surface area contributed by atoms with Crippen LogP contribution in [0.3, 0.4) is 0 Å². The van der Waals surface area contributed by atoms with Gasteiger partial charge in [-0.15, -0.1) is 11.3 Å². The van der Waals surface area contributed by atoms with Gasteiger partial charge in [0, 0.05) is 10.4 Å². The van der Waals surface area contributed by atoms with Crippen LogP contribution in [-0.4, -0.2) is 38.6 Å². The normalized spacial score (nSPS) is 21.5. The fourth-order valence-corrected chi connectivity index (χ4v) is 5.62. The summed E-state index contributed by atoms with van der Waals surface area (Å²) in [7, 11) is 0. The first-order valence-corrected chi connectivity index (χ1v) is 11.1. The first-order chi connectivity index (χ1) is 13.7. The summed E-state index contributed by atoms with van der Waals surface area (Å²) in [5.74, 6) is 0.0385. The molecule has 0 radical (unpaired) electrons. The molecule has 0 saturated carbocycles. The number of hydrogen-bond acceptors (Lipinski definition) is 3. The van der Waals surface area contributed by atoms with Gasteiger partial charge in [-0.05, 0) is 31.2 Å². The van der Waals surface area contributed by atoms with Gasteiger partial charge in [-0.3, -0.25) is 4.79 Å². The molecule has 1 fully saturated rings. The number of anilines is 1. The molecule has 28 heavy (non-hydrogen) atoms. The highest BCUT2D eigenvalue weighted by atomic mass is 32.1. The Morgan fingerprint density at radius 1 is 1.07 bits per heavy atom. The van der Waals surface area contributed by atoms with Gasteiger partial charge in [-0.1, -0.05) is 30.3 Å². The summed E-state index contributed by atoms with van der Waals surface area (Å²) >= 11 is 1.61. The number of carbonyl (C=O) groups is 1. The molecule has 0 unspecified atom stereocenters. The van der Waals surface area contributed by atoms with E-state index >= 15 is 0 Å². The van der Waals surface area contributed by atoms with Gasteiger partial charge >= 0.3 is 0 Å². The molecule has 146 valence electrons. The second-order valence-electron chi connectivity index (χ2n) is 7.91. The molecule has 2 aromatic rings. The molecule has 2 aliphatic rings. The van der Waals surface area contributed by atoms with E-state index in [9.17, 15) is 10.1 Å². The average Bonchev–Trinajstić information content (AvgIpc) is 3.07. The molecule has 1 aliphatic heterocycles. The quantitative estimate of drug-likeness (QED) is 0.686. The molecule has 1 aromatic heterocycles. The molecule has 1 aliphatic carbocycles. The number of piperazine rings is 1. The SMILES string of the molecule is N#Cc1c(NC(=O)C[NH+]2CC[NH+](Cc3ccccc3)CC2)sc2c1CCCC2. The fourth-order valence-electron chi connectivity index (χ4n) is 4.37. The number of nitrogens with one attached hydrogen (secondary N) is 3. The summed E-state index contributed by atoms with van der Waals surface area (Å²) in [6.45, 7) is 5.77. The van der Waals surface area contributed by atoms with E-state index in [2.05, 4.69) is 41.7 Å². The molecule has 1 amide bonds. The Labute approximate surface area is 170 Å². The number of amides is 1. The molecule has 0 spiro atoms.